The van der Waals surface area contributed by atoms with Gasteiger partial charge >= 0.3 is 0 Å². The molecule has 0 spiro atoms. The summed E-state index contributed by atoms with van der Waals surface area (Å²) < 4.78 is 0. The first-order valence-corrected chi connectivity index (χ1v) is 10.3. The van der Waals surface area contributed by atoms with Crippen LogP contribution in [0.2, 0.25) is 0 Å². The molecule has 2 nitrogen and oxygen atoms in total. The Kier molecular flexibility index (Phi) is 5.01. The molecule has 0 radical (unpaired) electrons. The van der Waals surface area contributed by atoms with Crippen molar-refractivity contribution in [2.75, 3.05) is 19.0 Å². The van der Waals surface area contributed by atoms with Gasteiger partial charge in [0, 0.05) is 25.3 Å². The first-order chi connectivity index (χ1) is 12.1. The number of carbonyl (C=O) groups excluding carboxylic acids is 1. The van der Waals surface area contributed by atoms with Crippen molar-refractivity contribution >= 4 is 12.0 Å². The van der Waals surface area contributed by atoms with E-state index in [1.165, 1.54) is 36.9 Å². The Hall–Kier alpha value is -1.31. The van der Waals surface area contributed by atoms with Gasteiger partial charge in [-0.1, -0.05) is 34.6 Å². The van der Waals surface area contributed by atoms with Crippen LogP contribution in [0.15, 0.2) is 18.2 Å². The van der Waals surface area contributed by atoms with Gasteiger partial charge < -0.3 is 4.90 Å². The first kappa shape index (κ1) is 19.5. The smallest absolute Gasteiger partial charge is 0.150 e. The van der Waals surface area contributed by atoms with Gasteiger partial charge in [0.1, 0.15) is 6.29 Å². The molecule has 0 amide bonds. The molecule has 1 aromatic rings. The van der Waals surface area contributed by atoms with Crippen molar-refractivity contribution in [2.24, 2.45) is 28.6 Å². The van der Waals surface area contributed by atoms with Crippen molar-refractivity contribution in [1.82, 2.24) is 0 Å². The fraction of sp³-hybridized carbons (Fsp3) is 0.708. The van der Waals surface area contributed by atoms with E-state index in [2.05, 4.69) is 65.7 Å². The van der Waals surface area contributed by atoms with Crippen molar-refractivity contribution in [2.45, 2.75) is 66.2 Å². The summed E-state index contributed by atoms with van der Waals surface area (Å²) in [6.45, 7) is 12.4. The van der Waals surface area contributed by atoms with E-state index in [0.29, 0.717) is 22.7 Å². The average molecular weight is 356 g/mol. The van der Waals surface area contributed by atoms with Crippen LogP contribution in [0.1, 0.15) is 82.1 Å². The number of fused-ring (bicyclic) bond motifs is 1. The van der Waals surface area contributed by atoms with Gasteiger partial charge in [-0.05, 0) is 83.9 Å². The number of benzene rings is 1. The molecule has 1 aromatic carbocycles. The predicted molar refractivity (Wildman–Crippen MR) is 111 cm³/mol. The van der Waals surface area contributed by atoms with Gasteiger partial charge in [-0.3, -0.25) is 4.79 Å². The number of rotatable bonds is 3. The van der Waals surface area contributed by atoms with Gasteiger partial charge in [-0.25, -0.2) is 0 Å². The molecule has 3 rings (SSSR count). The summed E-state index contributed by atoms with van der Waals surface area (Å²) in [5.74, 6) is 2.78. The van der Waals surface area contributed by atoms with Crippen molar-refractivity contribution in [3.63, 3.8) is 0 Å². The van der Waals surface area contributed by atoms with Crippen LogP contribution in [0.3, 0.4) is 0 Å². The lowest BCUT2D eigenvalue weighted by atomic mass is 9.48. The number of carbonyl (C=O) groups is 1. The highest BCUT2D eigenvalue weighted by Crippen LogP contribution is 2.61. The molecule has 0 aromatic heterocycles. The van der Waals surface area contributed by atoms with Gasteiger partial charge in [-0.15, -0.1) is 0 Å². The van der Waals surface area contributed by atoms with Gasteiger partial charge in [0.05, 0.1) is 0 Å². The summed E-state index contributed by atoms with van der Waals surface area (Å²) in [5, 5.41) is 0. The van der Waals surface area contributed by atoms with Gasteiger partial charge in [-0.2, -0.15) is 0 Å². The highest BCUT2D eigenvalue weighted by molar-refractivity contribution is 5.77. The molecule has 2 fully saturated rings. The monoisotopic (exact) mass is 355 g/mol. The Morgan fingerprint density at radius 1 is 1.00 bits per heavy atom. The van der Waals surface area contributed by atoms with Crippen LogP contribution in [0, 0.1) is 28.6 Å². The van der Waals surface area contributed by atoms with E-state index in [1.54, 1.807) is 0 Å². The maximum Gasteiger partial charge on any atom is 0.150 e. The molecule has 2 aliphatic rings. The molecule has 2 saturated carbocycles. The van der Waals surface area contributed by atoms with E-state index in [1.807, 2.05) is 6.07 Å². The Bertz CT molecular complexity index is 673. The second-order valence-electron chi connectivity index (χ2n) is 10.6. The molecule has 0 N–H and O–H groups in total. The lowest BCUT2D eigenvalue weighted by Crippen LogP contribution is -2.48. The molecule has 4 unspecified atom stereocenters. The zero-order valence-corrected chi connectivity index (χ0v) is 17.8. The molecule has 0 saturated heterocycles. The van der Waals surface area contributed by atoms with E-state index in [0.717, 1.165) is 23.7 Å². The van der Waals surface area contributed by atoms with Crippen molar-refractivity contribution in [3.05, 3.63) is 29.3 Å². The zero-order chi connectivity index (χ0) is 19.3. The normalized spacial score (nSPS) is 32.6. The summed E-state index contributed by atoms with van der Waals surface area (Å²) in [7, 11) is 4.23. The fourth-order valence-corrected chi connectivity index (χ4v) is 5.93. The highest BCUT2D eigenvalue weighted by Gasteiger charge is 2.51. The lowest BCUT2D eigenvalue weighted by Gasteiger charge is -2.57. The van der Waals surface area contributed by atoms with Crippen LogP contribution in [0.25, 0.3) is 0 Å². The Morgan fingerprint density at radius 2 is 1.58 bits per heavy atom. The van der Waals surface area contributed by atoms with Crippen LogP contribution in [0.4, 0.5) is 5.69 Å². The Labute approximate surface area is 160 Å². The van der Waals surface area contributed by atoms with Crippen LogP contribution in [0.5, 0.6) is 0 Å². The molecule has 0 bridgehead atoms. The summed E-state index contributed by atoms with van der Waals surface area (Å²) in [6, 6.07) is 6.24. The minimum Gasteiger partial charge on any atom is -0.377 e. The average Bonchev–Trinajstić information content (AvgIpc) is 2.58. The summed E-state index contributed by atoms with van der Waals surface area (Å²) in [5.41, 5.74) is 4.33. The van der Waals surface area contributed by atoms with Crippen molar-refractivity contribution in [3.8, 4) is 0 Å². The summed E-state index contributed by atoms with van der Waals surface area (Å²) in [6.07, 6.45) is 6.24. The quantitative estimate of drug-likeness (QED) is 0.605. The molecular weight excluding hydrogens is 318 g/mol. The summed E-state index contributed by atoms with van der Waals surface area (Å²) >= 11 is 0. The largest absolute Gasteiger partial charge is 0.377 e. The Morgan fingerprint density at radius 3 is 2.12 bits per heavy atom. The molecule has 0 aliphatic heterocycles. The van der Waals surface area contributed by atoms with Crippen LogP contribution in [-0.2, 0) is 0 Å². The number of nitrogens with zero attached hydrogens (tertiary/aromatic N) is 1. The topological polar surface area (TPSA) is 20.3 Å². The minimum atomic E-state index is 0.416. The van der Waals surface area contributed by atoms with E-state index in [-0.39, 0.29) is 0 Å². The van der Waals surface area contributed by atoms with Crippen molar-refractivity contribution in [1.29, 1.82) is 0 Å². The van der Waals surface area contributed by atoms with Crippen LogP contribution in [-0.4, -0.2) is 20.4 Å². The van der Waals surface area contributed by atoms with Crippen LogP contribution >= 0.6 is 0 Å². The van der Waals surface area contributed by atoms with E-state index >= 15 is 0 Å². The van der Waals surface area contributed by atoms with E-state index in [9.17, 15) is 4.79 Å². The third-order valence-electron chi connectivity index (χ3n) is 7.80. The Balaban J connectivity index is 2.01. The second kappa shape index (κ2) is 6.69. The maximum absolute atomic E-state index is 11.4. The molecular formula is C24H37NO. The van der Waals surface area contributed by atoms with Crippen molar-refractivity contribution < 1.29 is 4.79 Å². The standard InChI is InChI=1S/C24H37NO/c1-16-12-20-21(24(4,5)11-10-23(20,2)3)14-18(16)19-13-17(15-26)8-9-22(19)25(6)7/h8-9,13,15-16,18,20-21H,10-12,14H2,1-7H3. The third kappa shape index (κ3) is 3.32. The zero-order valence-electron chi connectivity index (χ0n) is 17.8. The lowest BCUT2D eigenvalue weighted by molar-refractivity contribution is -0.0634. The third-order valence-corrected chi connectivity index (χ3v) is 7.80. The number of hydrogen-bond donors (Lipinski definition) is 0. The number of hydrogen-bond acceptors (Lipinski definition) is 2. The first-order valence-electron chi connectivity index (χ1n) is 10.3. The summed E-state index contributed by atoms with van der Waals surface area (Å²) in [4.78, 5) is 13.6. The van der Waals surface area contributed by atoms with Crippen LogP contribution < -0.4 is 4.90 Å². The van der Waals surface area contributed by atoms with Gasteiger partial charge in [0.25, 0.3) is 0 Å². The molecule has 144 valence electrons. The number of anilines is 1. The van der Waals surface area contributed by atoms with Gasteiger partial charge in [0.15, 0.2) is 0 Å². The van der Waals surface area contributed by atoms with E-state index in [4.69, 9.17) is 0 Å². The fourth-order valence-electron chi connectivity index (χ4n) is 5.93. The molecule has 26 heavy (non-hydrogen) atoms. The van der Waals surface area contributed by atoms with E-state index < -0.39 is 0 Å². The molecule has 0 heterocycles. The number of aldehydes is 1. The highest BCUT2D eigenvalue weighted by atomic mass is 16.1. The predicted octanol–water partition coefficient (Wildman–Crippen LogP) is 6.16. The minimum absolute atomic E-state index is 0.416. The molecule has 2 aliphatic carbocycles. The van der Waals surface area contributed by atoms with Gasteiger partial charge in [0.2, 0.25) is 0 Å². The second-order valence-corrected chi connectivity index (χ2v) is 10.6. The molecule has 2 heteroatoms. The maximum atomic E-state index is 11.4. The molecule has 4 atom stereocenters. The SMILES string of the molecule is CC1CC2C(CC1c1cc(C=O)ccc1N(C)C)C(C)(C)CCC2(C)C.